The minimum absolute atomic E-state index is 0.00437. The van der Waals surface area contributed by atoms with Crippen molar-refractivity contribution in [1.29, 1.82) is 0 Å². The van der Waals surface area contributed by atoms with E-state index < -0.39 is 10.0 Å². The molecule has 2 aromatic rings. The molecule has 0 unspecified atom stereocenters. The fourth-order valence-corrected chi connectivity index (χ4v) is 5.10. The molecular formula is C10H7Br2ClN4O2S. The molecule has 0 fully saturated rings. The zero-order valence-corrected chi connectivity index (χ0v) is 14.4. The number of hydrogen-bond donors (Lipinski definition) is 2. The van der Waals surface area contributed by atoms with Crippen LogP contribution in [0.3, 0.4) is 0 Å². The number of hydrogen-bond acceptors (Lipinski definition) is 5. The van der Waals surface area contributed by atoms with Crippen LogP contribution in [0.5, 0.6) is 0 Å². The molecule has 1 aromatic heterocycles. The van der Waals surface area contributed by atoms with Crippen molar-refractivity contribution in [2.75, 3.05) is 10.5 Å². The fraction of sp³-hybridized carbons (Fsp3) is 0. The van der Waals surface area contributed by atoms with Gasteiger partial charge in [0, 0.05) is 20.8 Å². The second-order valence-electron chi connectivity index (χ2n) is 3.62. The highest BCUT2D eigenvalue weighted by atomic mass is 79.9. The first kappa shape index (κ1) is 15.5. The Morgan fingerprint density at radius 3 is 2.40 bits per heavy atom. The largest absolute Gasteiger partial charge is 0.399 e. The number of halogens is 3. The van der Waals surface area contributed by atoms with Crippen LogP contribution < -0.4 is 10.5 Å². The maximum absolute atomic E-state index is 12.3. The number of nitrogens with two attached hydrogens (primary N) is 1. The van der Waals surface area contributed by atoms with Gasteiger partial charge in [-0.3, -0.25) is 0 Å². The summed E-state index contributed by atoms with van der Waals surface area (Å²) in [6.45, 7) is 0. The van der Waals surface area contributed by atoms with Crippen LogP contribution in [0.25, 0.3) is 0 Å². The number of aromatic nitrogens is 2. The molecule has 10 heteroatoms. The van der Waals surface area contributed by atoms with Crippen LogP contribution in [0.1, 0.15) is 0 Å². The van der Waals surface area contributed by atoms with E-state index in [0.717, 1.165) is 0 Å². The third kappa shape index (κ3) is 3.40. The van der Waals surface area contributed by atoms with Gasteiger partial charge in [-0.25, -0.2) is 23.1 Å². The van der Waals surface area contributed by atoms with Crippen LogP contribution in [0.2, 0.25) is 5.15 Å². The molecule has 2 rings (SSSR count). The number of anilines is 2. The predicted octanol–water partition coefficient (Wildman–Crippen LogP) is 3.04. The highest BCUT2D eigenvalue weighted by Crippen LogP contribution is 2.33. The molecule has 0 aliphatic rings. The van der Waals surface area contributed by atoms with Crippen molar-refractivity contribution >= 4 is 65.1 Å². The van der Waals surface area contributed by atoms with Gasteiger partial charge in [-0.05, 0) is 50.1 Å². The molecule has 20 heavy (non-hydrogen) atoms. The zero-order valence-electron chi connectivity index (χ0n) is 9.64. The molecule has 6 nitrogen and oxygen atoms in total. The highest BCUT2D eigenvalue weighted by Gasteiger charge is 2.23. The van der Waals surface area contributed by atoms with Gasteiger partial charge in [-0.2, -0.15) is 0 Å². The standard InChI is InChI=1S/C10H7Br2ClN4O2S/c11-6-3-5(14)4-7(12)9(6)20(18,19)17-10-15-2-1-8(13)16-10/h1-4H,14H2,(H,15,16,17). The average Bonchev–Trinajstić information content (AvgIpc) is 2.25. The van der Waals surface area contributed by atoms with E-state index in [-0.39, 0.29) is 16.0 Å². The SMILES string of the molecule is Nc1cc(Br)c(S(=O)(=O)Nc2nccc(Cl)n2)c(Br)c1. The van der Waals surface area contributed by atoms with Gasteiger partial charge in [-0.15, -0.1) is 0 Å². The normalized spacial score (nSPS) is 11.3. The van der Waals surface area contributed by atoms with Crippen molar-refractivity contribution in [2.45, 2.75) is 4.90 Å². The molecule has 0 saturated heterocycles. The molecule has 0 atom stereocenters. The summed E-state index contributed by atoms with van der Waals surface area (Å²) in [4.78, 5) is 7.55. The predicted molar refractivity (Wildman–Crippen MR) is 84.1 cm³/mol. The Labute approximate surface area is 137 Å². The maximum Gasteiger partial charge on any atom is 0.266 e. The van der Waals surface area contributed by atoms with Gasteiger partial charge in [0.2, 0.25) is 5.95 Å². The van der Waals surface area contributed by atoms with E-state index in [0.29, 0.717) is 14.6 Å². The van der Waals surface area contributed by atoms with Crippen molar-refractivity contribution < 1.29 is 8.42 Å². The first-order valence-electron chi connectivity index (χ1n) is 5.05. The third-order valence-electron chi connectivity index (χ3n) is 2.14. The van der Waals surface area contributed by atoms with Gasteiger partial charge in [0.1, 0.15) is 10.0 Å². The highest BCUT2D eigenvalue weighted by molar-refractivity contribution is 9.11. The Hall–Kier alpha value is -0.900. The van der Waals surface area contributed by atoms with E-state index in [1.54, 1.807) is 0 Å². The Morgan fingerprint density at radius 1 is 1.25 bits per heavy atom. The Bertz CT molecular complexity index is 747. The van der Waals surface area contributed by atoms with Crippen molar-refractivity contribution in [1.82, 2.24) is 9.97 Å². The monoisotopic (exact) mass is 440 g/mol. The minimum Gasteiger partial charge on any atom is -0.399 e. The number of sulfonamides is 1. The van der Waals surface area contributed by atoms with Gasteiger partial charge in [0.25, 0.3) is 10.0 Å². The summed E-state index contributed by atoms with van der Waals surface area (Å²) in [6, 6.07) is 4.41. The van der Waals surface area contributed by atoms with Crippen molar-refractivity contribution in [2.24, 2.45) is 0 Å². The molecule has 1 aromatic carbocycles. The van der Waals surface area contributed by atoms with Gasteiger partial charge in [0.15, 0.2) is 0 Å². The molecule has 0 radical (unpaired) electrons. The lowest BCUT2D eigenvalue weighted by Gasteiger charge is -2.11. The zero-order chi connectivity index (χ0) is 14.9. The molecule has 0 spiro atoms. The number of nitrogen functional groups attached to an aromatic ring is 1. The van der Waals surface area contributed by atoms with E-state index in [9.17, 15) is 8.42 Å². The molecule has 106 valence electrons. The number of nitrogens with zero attached hydrogens (tertiary/aromatic N) is 2. The summed E-state index contributed by atoms with van der Waals surface area (Å²) in [5.41, 5.74) is 6.04. The summed E-state index contributed by atoms with van der Waals surface area (Å²) >= 11 is 12.0. The van der Waals surface area contributed by atoms with Crippen molar-refractivity contribution in [3.05, 3.63) is 38.5 Å². The van der Waals surface area contributed by atoms with Crippen LogP contribution in [0.15, 0.2) is 38.2 Å². The lowest BCUT2D eigenvalue weighted by Crippen LogP contribution is -2.16. The van der Waals surface area contributed by atoms with E-state index >= 15 is 0 Å². The van der Waals surface area contributed by atoms with E-state index in [1.165, 1.54) is 24.4 Å². The molecule has 1 heterocycles. The first-order valence-corrected chi connectivity index (χ1v) is 8.50. The lowest BCUT2D eigenvalue weighted by molar-refractivity contribution is 0.600. The molecule has 3 N–H and O–H groups in total. The molecule has 0 saturated carbocycles. The van der Waals surface area contributed by atoms with Crippen molar-refractivity contribution in [3.8, 4) is 0 Å². The van der Waals surface area contributed by atoms with Gasteiger partial charge >= 0.3 is 0 Å². The topological polar surface area (TPSA) is 98.0 Å². The van der Waals surface area contributed by atoms with E-state index in [1.807, 2.05) is 0 Å². The van der Waals surface area contributed by atoms with Crippen molar-refractivity contribution in [3.63, 3.8) is 0 Å². The molecule has 0 aliphatic carbocycles. The molecule has 0 amide bonds. The van der Waals surface area contributed by atoms with Gasteiger partial charge < -0.3 is 5.73 Å². The Kier molecular flexibility index (Phi) is 4.52. The van der Waals surface area contributed by atoms with Gasteiger partial charge in [-0.1, -0.05) is 11.6 Å². The quantitative estimate of drug-likeness (QED) is 0.563. The Morgan fingerprint density at radius 2 is 1.85 bits per heavy atom. The number of nitrogens with one attached hydrogen (secondary N) is 1. The minimum atomic E-state index is -3.89. The Balaban J connectivity index is 2.46. The summed E-state index contributed by atoms with van der Waals surface area (Å²) in [5.74, 6) is -0.117. The fourth-order valence-electron chi connectivity index (χ4n) is 1.39. The van der Waals surface area contributed by atoms with Crippen LogP contribution in [-0.2, 0) is 10.0 Å². The first-order chi connectivity index (χ1) is 9.29. The number of benzene rings is 1. The van der Waals surface area contributed by atoms with Crippen LogP contribution in [-0.4, -0.2) is 18.4 Å². The lowest BCUT2D eigenvalue weighted by atomic mass is 10.3. The maximum atomic E-state index is 12.3. The summed E-state index contributed by atoms with van der Waals surface area (Å²) in [5, 5.41) is 0.133. The number of rotatable bonds is 3. The van der Waals surface area contributed by atoms with Crippen LogP contribution in [0.4, 0.5) is 11.6 Å². The summed E-state index contributed by atoms with van der Waals surface area (Å²) in [6.07, 6.45) is 1.35. The van der Waals surface area contributed by atoms with E-state index in [4.69, 9.17) is 17.3 Å². The van der Waals surface area contributed by atoms with Crippen LogP contribution >= 0.6 is 43.5 Å². The summed E-state index contributed by atoms with van der Waals surface area (Å²) in [7, 11) is -3.89. The second kappa shape index (κ2) is 5.84. The molecule has 0 aliphatic heterocycles. The van der Waals surface area contributed by atoms with Crippen LogP contribution in [0, 0.1) is 0 Å². The molecular weight excluding hydrogens is 435 g/mol. The summed E-state index contributed by atoms with van der Waals surface area (Å²) < 4.78 is 27.5. The van der Waals surface area contributed by atoms with Gasteiger partial charge in [0.05, 0.1) is 0 Å². The third-order valence-corrected chi connectivity index (χ3v) is 5.55. The van der Waals surface area contributed by atoms with E-state index in [2.05, 4.69) is 46.5 Å². The second-order valence-corrected chi connectivity index (χ2v) is 7.34. The smallest absolute Gasteiger partial charge is 0.266 e. The average molecular weight is 443 g/mol. The molecule has 0 bridgehead atoms.